The van der Waals surface area contributed by atoms with Gasteiger partial charge in [0.05, 0.1) is 12.1 Å². The van der Waals surface area contributed by atoms with Crippen molar-refractivity contribution in [2.75, 3.05) is 6.54 Å². The average molecular weight is 205 g/mol. The molecule has 2 rings (SSSR count). The molecule has 2 atom stereocenters. The van der Waals surface area contributed by atoms with Crippen LogP contribution in [0.3, 0.4) is 0 Å². The highest BCUT2D eigenvalue weighted by Gasteiger charge is 2.27. The van der Waals surface area contributed by atoms with Gasteiger partial charge in [-0.25, -0.2) is 0 Å². The SMILES string of the molecule is CC(C)C(O)C1NCCc2ccccc21. The normalized spacial score (nSPS) is 22.5. The quantitative estimate of drug-likeness (QED) is 0.772. The first-order valence-electron chi connectivity index (χ1n) is 5.69. The Morgan fingerprint density at radius 1 is 1.33 bits per heavy atom. The van der Waals surface area contributed by atoms with Crippen molar-refractivity contribution in [3.63, 3.8) is 0 Å². The predicted octanol–water partition coefficient (Wildman–Crippen LogP) is 1.89. The van der Waals surface area contributed by atoms with Crippen LogP contribution in [-0.4, -0.2) is 17.8 Å². The maximum absolute atomic E-state index is 10.1. The molecule has 2 nitrogen and oxygen atoms in total. The van der Waals surface area contributed by atoms with Crippen molar-refractivity contribution in [2.45, 2.75) is 32.4 Å². The monoisotopic (exact) mass is 205 g/mol. The molecule has 1 aromatic carbocycles. The summed E-state index contributed by atoms with van der Waals surface area (Å²) < 4.78 is 0. The zero-order valence-corrected chi connectivity index (χ0v) is 9.40. The van der Waals surface area contributed by atoms with E-state index in [1.54, 1.807) is 0 Å². The van der Waals surface area contributed by atoms with Crippen LogP contribution in [-0.2, 0) is 6.42 Å². The minimum atomic E-state index is -0.300. The molecule has 15 heavy (non-hydrogen) atoms. The second-order valence-corrected chi connectivity index (χ2v) is 4.62. The van der Waals surface area contributed by atoms with Crippen LogP contribution in [0.15, 0.2) is 24.3 Å². The summed E-state index contributed by atoms with van der Waals surface area (Å²) in [6, 6.07) is 8.51. The standard InChI is InChI=1S/C13H19NO/c1-9(2)13(15)12-11-6-4-3-5-10(11)7-8-14-12/h3-6,9,12-15H,7-8H2,1-2H3. The molecule has 1 aromatic rings. The van der Waals surface area contributed by atoms with E-state index >= 15 is 0 Å². The third-order valence-electron chi connectivity index (χ3n) is 3.17. The fraction of sp³-hybridized carbons (Fsp3) is 0.538. The molecule has 0 aromatic heterocycles. The van der Waals surface area contributed by atoms with Crippen LogP contribution in [0.5, 0.6) is 0 Å². The molecule has 0 amide bonds. The van der Waals surface area contributed by atoms with Crippen molar-refractivity contribution in [2.24, 2.45) is 5.92 Å². The predicted molar refractivity (Wildman–Crippen MR) is 61.7 cm³/mol. The third-order valence-corrected chi connectivity index (χ3v) is 3.17. The summed E-state index contributed by atoms with van der Waals surface area (Å²) >= 11 is 0. The highest BCUT2D eigenvalue weighted by atomic mass is 16.3. The molecule has 0 saturated carbocycles. The Labute approximate surface area is 91.3 Å². The molecule has 1 heterocycles. The number of benzene rings is 1. The fourth-order valence-electron chi connectivity index (χ4n) is 2.23. The molecule has 2 unspecified atom stereocenters. The largest absolute Gasteiger partial charge is 0.391 e. The van der Waals surface area contributed by atoms with Gasteiger partial charge in [0.1, 0.15) is 0 Å². The Kier molecular flexibility index (Phi) is 3.08. The minimum absolute atomic E-state index is 0.106. The summed E-state index contributed by atoms with van der Waals surface area (Å²) in [6.45, 7) is 5.08. The van der Waals surface area contributed by atoms with Crippen LogP contribution >= 0.6 is 0 Å². The Bertz CT molecular complexity index is 335. The van der Waals surface area contributed by atoms with Gasteiger partial charge >= 0.3 is 0 Å². The van der Waals surface area contributed by atoms with Crippen LogP contribution in [0.1, 0.15) is 31.0 Å². The molecule has 0 saturated heterocycles. The molecule has 1 aliphatic rings. The van der Waals surface area contributed by atoms with E-state index in [9.17, 15) is 5.11 Å². The maximum Gasteiger partial charge on any atom is 0.0757 e. The summed E-state index contributed by atoms with van der Waals surface area (Å²) in [5.41, 5.74) is 2.64. The van der Waals surface area contributed by atoms with Crippen LogP contribution in [0, 0.1) is 5.92 Å². The number of nitrogens with one attached hydrogen (secondary N) is 1. The van der Waals surface area contributed by atoms with Crippen LogP contribution in [0.25, 0.3) is 0 Å². The Hall–Kier alpha value is -0.860. The number of aliphatic hydroxyl groups excluding tert-OH is 1. The summed E-state index contributed by atoms with van der Waals surface area (Å²) in [4.78, 5) is 0. The smallest absolute Gasteiger partial charge is 0.0757 e. The molecular weight excluding hydrogens is 186 g/mol. The molecule has 0 spiro atoms. The minimum Gasteiger partial charge on any atom is -0.391 e. The topological polar surface area (TPSA) is 32.3 Å². The zero-order chi connectivity index (χ0) is 10.8. The molecule has 0 aliphatic carbocycles. The molecule has 0 bridgehead atoms. The van der Waals surface area contributed by atoms with Crippen molar-refractivity contribution < 1.29 is 5.11 Å². The van der Waals surface area contributed by atoms with Crippen molar-refractivity contribution in [3.05, 3.63) is 35.4 Å². The van der Waals surface area contributed by atoms with E-state index in [1.807, 2.05) is 6.07 Å². The lowest BCUT2D eigenvalue weighted by Gasteiger charge is -2.32. The van der Waals surface area contributed by atoms with Crippen molar-refractivity contribution in [1.29, 1.82) is 0 Å². The van der Waals surface area contributed by atoms with Crippen molar-refractivity contribution in [1.82, 2.24) is 5.32 Å². The molecule has 2 heteroatoms. The number of rotatable bonds is 2. The van der Waals surface area contributed by atoms with E-state index in [4.69, 9.17) is 0 Å². The van der Waals surface area contributed by atoms with Gasteiger partial charge in [0.15, 0.2) is 0 Å². The van der Waals surface area contributed by atoms with Gasteiger partial charge < -0.3 is 10.4 Å². The lowest BCUT2D eigenvalue weighted by molar-refractivity contribution is 0.0805. The van der Waals surface area contributed by atoms with Crippen molar-refractivity contribution >= 4 is 0 Å². The van der Waals surface area contributed by atoms with Crippen LogP contribution in [0.4, 0.5) is 0 Å². The maximum atomic E-state index is 10.1. The summed E-state index contributed by atoms with van der Waals surface area (Å²) in [5.74, 6) is 0.286. The van der Waals surface area contributed by atoms with Crippen LogP contribution in [0.2, 0.25) is 0 Å². The average Bonchev–Trinajstić information content (AvgIpc) is 2.27. The number of fused-ring (bicyclic) bond motifs is 1. The van der Waals surface area contributed by atoms with Gasteiger partial charge in [-0.05, 0) is 30.0 Å². The number of hydrogen-bond acceptors (Lipinski definition) is 2. The first-order chi connectivity index (χ1) is 7.20. The molecule has 2 N–H and O–H groups in total. The molecule has 0 fully saturated rings. The lowest BCUT2D eigenvalue weighted by Crippen LogP contribution is -2.39. The van der Waals surface area contributed by atoms with E-state index in [2.05, 4.69) is 37.4 Å². The van der Waals surface area contributed by atoms with E-state index in [0.29, 0.717) is 0 Å². The first-order valence-corrected chi connectivity index (χ1v) is 5.69. The molecule has 82 valence electrons. The van der Waals surface area contributed by atoms with Gasteiger partial charge in [0, 0.05) is 0 Å². The van der Waals surface area contributed by atoms with E-state index < -0.39 is 0 Å². The lowest BCUT2D eigenvalue weighted by atomic mass is 9.87. The van der Waals surface area contributed by atoms with Crippen molar-refractivity contribution in [3.8, 4) is 0 Å². The van der Waals surface area contributed by atoms with E-state index in [0.717, 1.165) is 13.0 Å². The van der Waals surface area contributed by atoms with Gasteiger partial charge in [0.2, 0.25) is 0 Å². The van der Waals surface area contributed by atoms with E-state index in [-0.39, 0.29) is 18.1 Å². The van der Waals surface area contributed by atoms with E-state index in [1.165, 1.54) is 11.1 Å². The zero-order valence-electron chi connectivity index (χ0n) is 9.40. The number of aliphatic hydroxyl groups is 1. The van der Waals surface area contributed by atoms with Gasteiger partial charge in [-0.3, -0.25) is 0 Å². The Balaban J connectivity index is 2.29. The number of hydrogen-bond donors (Lipinski definition) is 2. The van der Waals surface area contributed by atoms with Gasteiger partial charge in [-0.15, -0.1) is 0 Å². The molecule has 1 aliphatic heterocycles. The fourth-order valence-corrected chi connectivity index (χ4v) is 2.23. The highest BCUT2D eigenvalue weighted by Crippen LogP contribution is 2.27. The van der Waals surface area contributed by atoms with Gasteiger partial charge in [-0.1, -0.05) is 38.1 Å². The molecule has 0 radical (unpaired) electrons. The third kappa shape index (κ3) is 2.06. The first kappa shape index (κ1) is 10.7. The second-order valence-electron chi connectivity index (χ2n) is 4.62. The molecular formula is C13H19NO. The highest BCUT2D eigenvalue weighted by molar-refractivity contribution is 5.33. The van der Waals surface area contributed by atoms with Gasteiger partial charge in [-0.2, -0.15) is 0 Å². The van der Waals surface area contributed by atoms with Gasteiger partial charge in [0.25, 0.3) is 0 Å². The second kappa shape index (κ2) is 4.33. The summed E-state index contributed by atoms with van der Waals surface area (Å²) in [6.07, 6.45) is 0.767. The Morgan fingerprint density at radius 2 is 2.07 bits per heavy atom. The Morgan fingerprint density at radius 3 is 2.80 bits per heavy atom. The summed E-state index contributed by atoms with van der Waals surface area (Å²) in [7, 11) is 0. The van der Waals surface area contributed by atoms with Crippen LogP contribution < -0.4 is 5.32 Å². The summed E-state index contributed by atoms with van der Waals surface area (Å²) in [5, 5.41) is 13.5.